The highest BCUT2D eigenvalue weighted by Crippen LogP contribution is 2.15. The molecule has 0 saturated carbocycles. The fraction of sp³-hybridized carbons (Fsp3) is 0.625. The Bertz CT molecular complexity index is 358. The fourth-order valence-corrected chi connectivity index (χ4v) is 2.74. The van der Waals surface area contributed by atoms with E-state index in [-0.39, 0.29) is 0 Å². The lowest BCUT2D eigenvalue weighted by Gasteiger charge is -2.39. The van der Waals surface area contributed by atoms with Crippen LogP contribution in [0, 0.1) is 0 Å². The van der Waals surface area contributed by atoms with Crippen LogP contribution in [0.5, 0.6) is 0 Å². The van der Waals surface area contributed by atoms with Gasteiger partial charge in [-0.2, -0.15) is 0 Å². The summed E-state index contributed by atoms with van der Waals surface area (Å²) in [5.41, 5.74) is 2.87. The third-order valence-electron chi connectivity index (χ3n) is 4.01. The second-order valence-corrected chi connectivity index (χ2v) is 5.47. The molecule has 1 heterocycles. The van der Waals surface area contributed by atoms with E-state index in [1.807, 2.05) is 0 Å². The standard InChI is InChI=1S/C16H26N2/c1-4-14-6-8-15(9-7-14)12-18-11-13(3)17-10-16(18)5-2/h6-9,13,16-17H,4-5,10-12H2,1-3H3. The van der Waals surface area contributed by atoms with Crippen molar-refractivity contribution in [1.82, 2.24) is 10.2 Å². The third kappa shape index (κ3) is 3.33. The number of hydrogen-bond donors (Lipinski definition) is 1. The maximum atomic E-state index is 3.58. The van der Waals surface area contributed by atoms with E-state index in [1.54, 1.807) is 0 Å². The number of nitrogens with zero attached hydrogens (tertiary/aromatic N) is 1. The van der Waals surface area contributed by atoms with E-state index in [0.29, 0.717) is 12.1 Å². The zero-order valence-corrected chi connectivity index (χ0v) is 11.9. The van der Waals surface area contributed by atoms with Gasteiger partial charge in [-0.1, -0.05) is 38.1 Å². The molecule has 0 aliphatic carbocycles. The number of nitrogens with one attached hydrogen (secondary N) is 1. The van der Waals surface area contributed by atoms with Crippen LogP contribution >= 0.6 is 0 Å². The van der Waals surface area contributed by atoms with Gasteiger partial charge in [-0.3, -0.25) is 4.90 Å². The Kier molecular flexibility index (Phi) is 4.79. The summed E-state index contributed by atoms with van der Waals surface area (Å²) in [6, 6.07) is 10.4. The minimum absolute atomic E-state index is 0.614. The molecular formula is C16H26N2. The van der Waals surface area contributed by atoms with E-state index in [2.05, 4.69) is 55.3 Å². The molecule has 2 unspecified atom stereocenters. The van der Waals surface area contributed by atoms with Crippen LogP contribution in [0.15, 0.2) is 24.3 Å². The molecule has 0 aromatic heterocycles. The molecule has 1 aliphatic heterocycles. The van der Waals surface area contributed by atoms with Crippen molar-refractivity contribution in [3.8, 4) is 0 Å². The first-order chi connectivity index (χ1) is 8.72. The Balaban J connectivity index is 2.01. The summed E-state index contributed by atoms with van der Waals surface area (Å²) in [6.45, 7) is 10.2. The summed E-state index contributed by atoms with van der Waals surface area (Å²) in [7, 11) is 0. The van der Waals surface area contributed by atoms with E-state index in [1.165, 1.54) is 17.5 Å². The first kappa shape index (κ1) is 13.6. The maximum Gasteiger partial charge on any atom is 0.0237 e. The lowest BCUT2D eigenvalue weighted by Crippen LogP contribution is -2.54. The smallest absolute Gasteiger partial charge is 0.0237 e. The largest absolute Gasteiger partial charge is 0.311 e. The van der Waals surface area contributed by atoms with E-state index in [4.69, 9.17) is 0 Å². The lowest BCUT2D eigenvalue weighted by atomic mass is 10.0. The molecule has 18 heavy (non-hydrogen) atoms. The van der Waals surface area contributed by atoms with Crippen LogP contribution in [0.2, 0.25) is 0 Å². The molecule has 1 fully saturated rings. The Morgan fingerprint density at radius 2 is 1.83 bits per heavy atom. The van der Waals surface area contributed by atoms with Crippen LogP contribution in [0.3, 0.4) is 0 Å². The van der Waals surface area contributed by atoms with Crippen molar-refractivity contribution in [2.75, 3.05) is 13.1 Å². The lowest BCUT2D eigenvalue weighted by molar-refractivity contribution is 0.124. The molecule has 2 rings (SSSR count). The van der Waals surface area contributed by atoms with E-state index < -0.39 is 0 Å². The predicted octanol–water partition coefficient (Wildman–Crippen LogP) is 2.82. The van der Waals surface area contributed by atoms with Gasteiger partial charge in [0.25, 0.3) is 0 Å². The molecule has 0 amide bonds. The summed E-state index contributed by atoms with van der Waals surface area (Å²) in [4.78, 5) is 2.63. The maximum absolute atomic E-state index is 3.58. The van der Waals surface area contributed by atoms with Crippen molar-refractivity contribution in [3.63, 3.8) is 0 Å². The van der Waals surface area contributed by atoms with Crippen LogP contribution in [0.1, 0.15) is 38.3 Å². The molecule has 2 atom stereocenters. The fourth-order valence-electron chi connectivity index (χ4n) is 2.74. The number of aryl methyl sites for hydroxylation is 1. The Hall–Kier alpha value is -0.860. The Morgan fingerprint density at radius 1 is 1.17 bits per heavy atom. The number of piperazine rings is 1. The van der Waals surface area contributed by atoms with Gasteiger partial charge in [0.15, 0.2) is 0 Å². The van der Waals surface area contributed by atoms with Crippen LogP contribution in [0.25, 0.3) is 0 Å². The van der Waals surface area contributed by atoms with Gasteiger partial charge < -0.3 is 5.32 Å². The number of hydrogen-bond acceptors (Lipinski definition) is 2. The van der Waals surface area contributed by atoms with Gasteiger partial charge in [0.2, 0.25) is 0 Å². The minimum Gasteiger partial charge on any atom is -0.311 e. The predicted molar refractivity (Wildman–Crippen MR) is 77.8 cm³/mol. The topological polar surface area (TPSA) is 15.3 Å². The molecule has 1 aromatic rings. The molecular weight excluding hydrogens is 220 g/mol. The summed E-state index contributed by atoms with van der Waals surface area (Å²) in [6.07, 6.45) is 2.36. The monoisotopic (exact) mass is 246 g/mol. The van der Waals surface area contributed by atoms with Gasteiger partial charge >= 0.3 is 0 Å². The van der Waals surface area contributed by atoms with Crippen LogP contribution in [-0.4, -0.2) is 30.1 Å². The average Bonchev–Trinajstić information content (AvgIpc) is 2.40. The van der Waals surface area contributed by atoms with Crippen molar-refractivity contribution in [2.45, 2.75) is 52.2 Å². The van der Waals surface area contributed by atoms with Gasteiger partial charge in [-0.05, 0) is 30.9 Å². The average molecular weight is 246 g/mol. The highest BCUT2D eigenvalue weighted by atomic mass is 15.2. The van der Waals surface area contributed by atoms with Gasteiger partial charge in [0, 0.05) is 31.7 Å². The normalized spacial score (nSPS) is 25.3. The zero-order chi connectivity index (χ0) is 13.0. The molecule has 1 aliphatic rings. The number of benzene rings is 1. The van der Waals surface area contributed by atoms with Gasteiger partial charge in [-0.25, -0.2) is 0 Å². The third-order valence-corrected chi connectivity index (χ3v) is 4.01. The van der Waals surface area contributed by atoms with Crippen LogP contribution < -0.4 is 5.32 Å². The Morgan fingerprint density at radius 3 is 2.44 bits per heavy atom. The van der Waals surface area contributed by atoms with Crippen LogP contribution in [-0.2, 0) is 13.0 Å². The van der Waals surface area contributed by atoms with Crippen LogP contribution in [0.4, 0.5) is 0 Å². The molecule has 1 saturated heterocycles. The second kappa shape index (κ2) is 6.35. The highest BCUT2D eigenvalue weighted by Gasteiger charge is 2.24. The molecule has 0 radical (unpaired) electrons. The van der Waals surface area contributed by atoms with Gasteiger partial charge in [-0.15, -0.1) is 0 Å². The Labute approximate surface area is 111 Å². The van der Waals surface area contributed by atoms with Crippen molar-refractivity contribution >= 4 is 0 Å². The summed E-state index contributed by atoms with van der Waals surface area (Å²) >= 11 is 0. The summed E-state index contributed by atoms with van der Waals surface area (Å²) in [5.74, 6) is 0. The molecule has 0 bridgehead atoms. The summed E-state index contributed by atoms with van der Waals surface area (Å²) in [5, 5.41) is 3.58. The van der Waals surface area contributed by atoms with E-state index >= 15 is 0 Å². The minimum atomic E-state index is 0.614. The summed E-state index contributed by atoms with van der Waals surface area (Å²) < 4.78 is 0. The van der Waals surface area contributed by atoms with E-state index in [0.717, 1.165) is 26.1 Å². The van der Waals surface area contributed by atoms with E-state index in [9.17, 15) is 0 Å². The van der Waals surface area contributed by atoms with Gasteiger partial charge in [0.05, 0.1) is 0 Å². The molecule has 2 nitrogen and oxygen atoms in total. The molecule has 100 valence electrons. The quantitative estimate of drug-likeness (QED) is 0.879. The van der Waals surface area contributed by atoms with Crippen molar-refractivity contribution in [3.05, 3.63) is 35.4 Å². The number of rotatable bonds is 4. The van der Waals surface area contributed by atoms with Crippen molar-refractivity contribution in [1.29, 1.82) is 0 Å². The van der Waals surface area contributed by atoms with Gasteiger partial charge in [0.1, 0.15) is 0 Å². The van der Waals surface area contributed by atoms with Crippen molar-refractivity contribution < 1.29 is 0 Å². The molecule has 1 aromatic carbocycles. The SMILES string of the molecule is CCc1ccc(CN2CC(C)NCC2CC)cc1. The molecule has 2 heteroatoms. The first-order valence-electron chi connectivity index (χ1n) is 7.28. The molecule has 0 spiro atoms. The van der Waals surface area contributed by atoms with Crippen molar-refractivity contribution in [2.24, 2.45) is 0 Å². The second-order valence-electron chi connectivity index (χ2n) is 5.47. The highest BCUT2D eigenvalue weighted by molar-refractivity contribution is 5.22. The first-order valence-corrected chi connectivity index (χ1v) is 7.28. The molecule has 1 N–H and O–H groups in total. The zero-order valence-electron chi connectivity index (χ0n) is 11.9.